The maximum Gasteiger partial charge on any atom is 0.148 e. The molecule has 4 heteroatoms. The van der Waals surface area contributed by atoms with E-state index in [1.807, 2.05) is 6.07 Å². The Morgan fingerprint density at radius 1 is 1.35 bits per heavy atom. The van der Waals surface area contributed by atoms with Crippen LogP contribution in [0.25, 0.3) is 10.9 Å². The first-order valence-corrected chi connectivity index (χ1v) is 5.58. The van der Waals surface area contributed by atoms with Crippen LogP contribution in [0.1, 0.15) is 18.9 Å². The minimum Gasteiger partial charge on any atom is -0.494 e. The molecule has 2 rings (SSSR count). The normalized spacial score (nSPS) is 10.8. The molecule has 0 spiro atoms. The highest BCUT2D eigenvalue weighted by Gasteiger charge is 2.09. The van der Waals surface area contributed by atoms with Crippen LogP contribution in [-0.4, -0.2) is 12.1 Å². The fourth-order valence-electron chi connectivity index (χ4n) is 1.90. The lowest BCUT2D eigenvalue weighted by molar-refractivity contribution is 0.415. The smallest absolute Gasteiger partial charge is 0.148 e. The summed E-state index contributed by atoms with van der Waals surface area (Å²) in [7, 11) is 1.49. The van der Waals surface area contributed by atoms with Crippen molar-refractivity contribution in [3.05, 3.63) is 29.6 Å². The second-order valence-electron chi connectivity index (χ2n) is 3.96. The molecular formula is C13H15FN2O. The number of nitrogens with two attached hydrogens (primary N) is 1. The predicted molar refractivity (Wildman–Crippen MR) is 66.7 cm³/mol. The Hall–Kier alpha value is -1.84. The molecule has 2 aromatic rings. The van der Waals surface area contributed by atoms with Crippen LogP contribution >= 0.6 is 0 Å². The zero-order chi connectivity index (χ0) is 12.4. The first-order valence-electron chi connectivity index (χ1n) is 5.58. The van der Waals surface area contributed by atoms with Crippen LogP contribution in [0.3, 0.4) is 0 Å². The van der Waals surface area contributed by atoms with E-state index < -0.39 is 0 Å². The summed E-state index contributed by atoms with van der Waals surface area (Å²) in [6.07, 6.45) is 1.82. The Morgan fingerprint density at radius 2 is 2.12 bits per heavy atom. The third-order valence-electron chi connectivity index (χ3n) is 2.70. The highest BCUT2D eigenvalue weighted by Crippen LogP contribution is 2.28. The van der Waals surface area contributed by atoms with Gasteiger partial charge in [-0.3, -0.25) is 0 Å². The van der Waals surface area contributed by atoms with Crippen LogP contribution in [-0.2, 0) is 6.42 Å². The van der Waals surface area contributed by atoms with Gasteiger partial charge in [0, 0.05) is 11.5 Å². The molecule has 3 nitrogen and oxygen atoms in total. The second kappa shape index (κ2) is 4.57. The fraction of sp³-hybridized carbons (Fsp3) is 0.308. The molecule has 0 aliphatic carbocycles. The molecule has 0 atom stereocenters. The van der Waals surface area contributed by atoms with E-state index in [4.69, 9.17) is 10.5 Å². The molecular weight excluding hydrogens is 219 g/mol. The van der Waals surface area contributed by atoms with Crippen molar-refractivity contribution in [2.75, 3.05) is 12.8 Å². The van der Waals surface area contributed by atoms with E-state index in [0.717, 1.165) is 23.8 Å². The number of nitrogens with zero attached hydrogens (tertiary/aromatic N) is 1. The van der Waals surface area contributed by atoms with Crippen molar-refractivity contribution >= 4 is 16.7 Å². The molecule has 0 saturated heterocycles. The van der Waals surface area contributed by atoms with Gasteiger partial charge in [-0.05, 0) is 24.1 Å². The number of pyridine rings is 1. The third-order valence-corrected chi connectivity index (χ3v) is 2.70. The molecule has 0 saturated carbocycles. The second-order valence-corrected chi connectivity index (χ2v) is 3.96. The molecule has 0 bridgehead atoms. The molecule has 0 radical (unpaired) electrons. The largest absolute Gasteiger partial charge is 0.494 e. The first-order chi connectivity index (χ1) is 8.15. The van der Waals surface area contributed by atoms with E-state index in [9.17, 15) is 4.39 Å². The molecule has 0 aliphatic heterocycles. The van der Waals surface area contributed by atoms with E-state index in [0.29, 0.717) is 17.1 Å². The van der Waals surface area contributed by atoms with E-state index in [2.05, 4.69) is 11.9 Å². The molecule has 0 aliphatic rings. The number of fused-ring (bicyclic) bond motifs is 1. The maximum atomic E-state index is 13.4. The standard InChI is InChI=1S/C13H15FN2O/c1-3-4-8-5-9-6-10(14)7-11(17-2)12(9)16-13(8)15/h5-7H,3-4H2,1-2H3,(H2,15,16). The van der Waals surface area contributed by atoms with Gasteiger partial charge in [0.25, 0.3) is 0 Å². The molecule has 0 unspecified atom stereocenters. The molecule has 1 aromatic carbocycles. The van der Waals surface area contributed by atoms with Gasteiger partial charge in [-0.15, -0.1) is 0 Å². The Labute approximate surface area is 99.4 Å². The van der Waals surface area contributed by atoms with Crippen molar-refractivity contribution in [2.45, 2.75) is 19.8 Å². The van der Waals surface area contributed by atoms with E-state index in [-0.39, 0.29) is 5.82 Å². The molecule has 2 N–H and O–H groups in total. The lowest BCUT2D eigenvalue weighted by Gasteiger charge is -2.09. The van der Waals surface area contributed by atoms with Gasteiger partial charge in [0.1, 0.15) is 22.9 Å². The van der Waals surface area contributed by atoms with Crippen LogP contribution in [0.15, 0.2) is 18.2 Å². The predicted octanol–water partition coefficient (Wildman–Crippen LogP) is 2.92. The topological polar surface area (TPSA) is 48.1 Å². The number of ether oxygens (including phenoxy) is 1. The summed E-state index contributed by atoms with van der Waals surface area (Å²) in [5.41, 5.74) is 7.43. The molecule has 1 aromatic heterocycles. The zero-order valence-corrected chi connectivity index (χ0v) is 9.96. The van der Waals surface area contributed by atoms with Crippen molar-refractivity contribution in [3.8, 4) is 5.75 Å². The highest BCUT2D eigenvalue weighted by atomic mass is 19.1. The number of methoxy groups -OCH3 is 1. The van der Waals surface area contributed by atoms with E-state index in [1.165, 1.54) is 19.2 Å². The Kier molecular flexibility index (Phi) is 3.13. The molecule has 0 amide bonds. The Bertz CT molecular complexity index is 555. The summed E-state index contributed by atoms with van der Waals surface area (Å²) in [4.78, 5) is 4.29. The third kappa shape index (κ3) is 2.16. The van der Waals surface area contributed by atoms with Crippen molar-refractivity contribution in [1.82, 2.24) is 4.98 Å². The minimum atomic E-state index is -0.330. The fourth-order valence-corrected chi connectivity index (χ4v) is 1.90. The number of aromatic nitrogens is 1. The molecule has 90 valence electrons. The molecule has 17 heavy (non-hydrogen) atoms. The van der Waals surface area contributed by atoms with Crippen molar-refractivity contribution < 1.29 is 9.13 Å². The lowest BCUT2D eigenvalue weighted by Crippen LogP contribution is -1.99. The van der Waals surface area contributed by atoms with E-state index in [1.54, 1.807) is 0 Å². The Balaban J connectivity index is 2.68. The number of nitrogen functional groups attached to an aromatic ring is 1. The van der Waals surface area contributed by atoms with Gasteiger partial charge < -0.3 is 10.5 Å². The molecule has 1 heterocycles. The maximum absolute atomic E-state index is 13.4. The van der Waals surface area contributed by atoms with Crippen LogP contribution in [0.4, 0.5) is 10.2 Å². The van der Waals surface area contributed by atoms with Crippen molar-refractivity contribution in [2.24, 2.45) is 0 Å². The number of hydrogen-bond acceptors (Lipinski definition) is 3. The summed E-state index contributed by atoms with van der Waals surface area (Å²) in [5.74, 6) is 0.572. The number of benzene rings is 1. The van der Waals surface area contributed by atoms with Crippen LogP contribution in [0, 0.1) is 5.82 Å². The van der Waals surface area contributed by atoms with Gasteiger partial charge in [0.2, 0.25) is 0 Å². The van der Waals surface area contributed by atoms with Crippen LogP contribution in [0.2, 0.25) is 0 Å². The molecule has 0 fully saturated rings. The zero-order valence-electron chi connectivity index (χ0n) is 9.96. The van der Waals surface area contributed by atoms with E-state index >= 15 is 0 Å². The summed E-state index contributed by atoms with van der Waals surface area (Å²) in [6, 6.07) is 4.64. The summed E-state index contributed by atoms with van der Waals surface area (Å²) in [6.45, 7) is 2.07. The highest BCUT2D eigenvalue weighted by molar-refractivity contribution is 5.86. The number of aryl methyl sites for hydroxylation is 1. The van der Waals surface area contributed by atoms with Gasteiger partial charge in [0.15, 0.2) is 0 Å². The number of hydrogen-bond donors (Lipinski definition) is 1. The average molecular weight is 234 g/mol. The quantitative estimate of drug-likeness (QED) is 0.888. The minimum absolute atomic E-state index is 0.330. The lowest BCUT2D eigenvalue weighted by atomic mass is 10.1. The summed E-state index contributed by atoms with van der Waals surface area (Å²) >= 11 is 0. The van der Waals surface area contributed by atoms with Gasteiger partial charge in [-0.1, -0.05) is 13.3 Å². The number of rotatable bonds is 3. The average Bonchev–Trinajstić information content (AvgIpc) is 2.30. The van der Waals surface area contributed by atoms with Crippen molar-refractivity contribution in [3.63, 3.8) is 0 Å². The summed E-state index contributed by atoms with van der Waals surface area (Å²) in [5, 5.41) is 0.722. The number of halogens is 1. The first kappa shape index (κ1) is 11.6. The van der Waals surface area contributed by atoms with Gasteiger partial charge in [-0.2, -0.15) is 0 Å². The van der Waals surface area contributed by atoms with Crippen LogP contribution < -0.4 is 10.5 Å². The van der Waals surface area contributed by atoms with Gasteiger partial charge >= 0.3 is 0 Å². The van der Waals surface area contributed by atoms with Crippen molar-refractivity contribution in [1.29, 1.82) is 0 Å². The number of anilines is 1. The summed E-state index contributed by atoms with van der Waals surface area (Å²) < 4.78 is 18.5. The Morgan fingerprint density at radius 3 is 2.76 bits per heavy atom. The SMILES string of the molecule is CCCc1cc2cc(F)cc(OC)c2nc1N. The van der Waals surface area contributed by atoms with Gasteiger partial charge in [0.05, 0.1) is 7.11 Å². The van der Waals surface area contributed by atoms with Gasteiger partial charge in [-0.25, -0.2) is 9.37 Å². The van der Waals surface area contributed by atoms with Crippen LogP contribution in [0.5, 0.6) is 5.75 Å². The monoisotopic (exact) mass is 234 g/mol.